The highest BCUT2D eigenvalue weighted by Crippen LogP contribution is 2.24. The predicted molar refractivity (Wildman–Crippen MR) is 111 cm³/mol. The van der Waals surface area contributed by atoms with Crippen LogP contribution in [0.3, 0.4) is 0 Å². The van der Waals surface area contributed by atoms with Gasteiger partial charge in [-0.2, -0.15) is 9.57 Å². The molecular weight excluding hydrogens is 442 g/mol. The number of hydrogen-bond donors (Lipinski definition) is 1. The lowest BCUT2D eigenvalue weighted by Crippen LogP contribution is -2.50. The van der Waals surface area contributed by atoms with Crippen molar-refractivity contribution in [2.75, 3.05) is 26.2 Å². The van der Waals surface area contributed by atoms with Crippen LogP contribution in [-0.4, -0.2) is 54.7 Å². The fourth-order valence-corrected chi connectivity index (χ4v) is 5.38. The normalized spacial score (nSPS) is 14.9. The van der Waals surface area contributed by atoms with Gasteiger partial charge in [-0.25, -0.2) is 17.2 Å². The van der Waals surface area contributed by atoms with Gasteiger partial charge in [0, 0.05) is 38.3 Å². The molecular formula is C21H22F2N4O4S. The molecule has 1 fully saturated rings. The summed E-state index contributed by atoms with van der Waals surface area (Å²) in [4.78, 5) is 27.6. The number of nitriles is 1. The largest absolute Gasteiger partial charge is 0.340 e. The molecule has 11 heteroatoms. The van der Waals surface area contributed by atoms with Crippen molar-refractivity contribution >= 4 is 15.9 Å². The number of carbonyl (C=O) groups excluding carboxylic acids is 1. The third kappa shape index (κ3) is 4.42. The average molecular weight is 464 g/mol. The minimum Gasteiger partial charge on any atom is -0.340 e. The van der Waals surface area contributed by atoms with E-state index in [0.717, 1.165) is 22.5 Å². The highest BCUT2D eigenvalue weighted by atomic mass is 32.2. The van der Waals surface area contributed by atoms with Gasteiger partial charge in [0.25, 0.3) is 5.56 Å². The number of hydrogen-bond acceptors (Lipinski definition) is 5. The monoisotopic (exact) mass is 464 g/mol. The summed E-state index contributed by atoms with van der Waals surface area (Å²) in [6, 6.07) is 4.72. The number of aromatic nitrogens is 1. The van der Waals surface area contributed by atoms with Gasteiger partial charge in [0.1, 0.15) is 23.3 Å². The summed E-state index contributed by atoms with van der Waals surface area (Å²) in [5.74, 6) is -2.54. The van der Waals surface area contributed by atoms with Gasteiger partial charge < -0.3 is 9.88 Å². The van der Waals surface area contributed by atoms with Gasteiger partial charge in [-0.1, -0.05) is 6.07 Å². The summed E-state index contributed by atoms with van der Waals surface area (Å²) in [7, 11) is -4.37. The van der Waals surface area contributed by atoms with Gasteiger partial charge in [-0.15, -0.1) is 0 Å². The van der Waals surface area contributed by atoms with E-state index < -0.39 is 32.1 Å². The van der Waals surface area contributed by atoms with E-state index in [9.17, 15) is 26.8 Å². The van der Waals surface area contributed by atoms with Crippen molar-refractivity contribution in [2.24, 2.45) is 0 Å². The topological polar surface area (TPSA) is 114 Å². The van der Waals surface area contributed by atoms with Crippen LogP contribution in [0.1, 0.15) is 28.8 Å². The Hall–Kier alpha value is -3.10. The number of nitrogens with one attached hydrogen (secondary N) is 1. The molecule has 0 radical (unpaired) electrons. The van der Waals surface area contributed by atoms with Gasteiger partial charge in [0.05, 0.1) is 0 Å². The molecule has 0 saturated carbocycles. The number of sulfonamides is 1. The number of H-pyrrole nitrogens is 1. The van der Waals surface area contributed by atoms with Gasteiger partial charge in [0.15, 0.2) is 4.90 Å². The maximum atomic E-state index is 14.0. The van der Waals surface area contributed by atoms with Gasteiger partial charge in [-0.05, 0) is 43.5 Å². The van der Waals surface area contributed by atoms with E-state index in [0.29, 0.717) is 23.2 Å². The lowest BCUT2D eigenvalue weighted by molar-refractivity contribution is -0.132. The van der Waals surface area contributed by atoms with Crippen molar-refractivity contribution < 1.29 is 22.0 Å². The zero-order valence-electron chi connectivity index (χ0n) is 17.6. The van der Waals surface area contributed by atoms with Crippen LogP contribution in [0.2, 0.25) is 0 Å². The van der Waals surface area contributed by atoms with E-state index in [1.807, 2.05) is 6.07 Å². The first-order valence-electron chi connectivity index (χ1n) is 9.92. The predicted octanol–water partition coefficient (Wildman–Crippen LogP) is 1.61. The van der Waals surface area contributed by atoms with Crippen LogP contribution in [0, 0.1) is 36.8 Å². The molecule has 170 valence electrons. The highest BCUT2D eigenvalue weighted by Gasteiger charge is 2.34. The van der Waals surface area contributed by atoms with E-state index in [-0.39, 0.29) is 44.1 Å². The van der Waals surface area contributed by atoms with Crippen LogP contribution < -0.4 is 5.56 Å². The molecule has 1 aliphatic rings. The van der Waals surface area contributed by atoms with Crippen molar-refractivity contribution in [2.45, 2.75) is 31.6 Å². The first-order chi connectivity index (χ1) is 15.1. The van der Waals surface area contributed by atoms with Gasteiger partial charge in [0.2, 0.25) is 15.9 Å². The molecule has 1 aromatic heterocycles. The van der Waals surface area contributed by atoms with Crippen molar-refractivity contribution in [3.05, 3.63) is 62.6 Å². The molecule has 2 heterocycles. The van der Waals surface area contributed by atoms with Crippen LogP contribution in [0.25, 0.3) is 0 Å². The molecule has 0 bridgehead atoms. The van der Waals surface area contributed by atoms with E-state index in [1.54, 1.807) is 13.8 Å². The minimum atomic E-state index is -4.37. The molecule has 8 nitrogen and oxygen atoms in total. The number of nitrogens with zero attached hydrogens (tertiary/aromatic N) is 3. The van der Waals surface area contributed by atoms with Crippen LogP contribution >= 0.6 is 0 Å². The second-order valence-electron chi connectivity index (χ2n) is 7.51. The number of rotatable bonds is 5. The van der Waals surface area contributed by atoms with Crippen molar-refractivity contribution in [1.29, 1.82) is 5.26 Å². The Kier molecular flexibility index (Phi) is 6.76. The maximum absolute atomic E-state index is 14.0. The zero-order chi connectivity index (χ0) is 23.6. The van der Waals surface area contributed by atoms with Crippen LogP contribution in [0.5, 0.6) is 0 Å². The summed E-state index contributed by atoms with van der Waals surface area (Å²) < 4.78 is 54.2. The van der Waals surface area contributed by atoms with E-state index >= 15 is 0 Å². The summed E-state index contributed by atoms with van der Waals surface area (Å²) in [5, 5.41) is 9.16. The Labute approximate surface area is 184 Å². The minimum absolute atomic E-state index is 0.0113. The molecule has 1 N–H and O–H groups in total. The molecule has 0 atom stereocenters. The number of aryl methyl sites for hydroxylation is 1. The molecule has 1 aromatic carbocycles. The molecule has 1 saturated heterocycles. The first kappa shape index (κ1) is 23.6. The number of halogens is 2. The summed E-state index contributed by atoms with van der Waals surface area (Å²) in [6.45, 7) is 3.35. The summed E-state index contributed by atoms with van der Waals surface area (Å²) in [5.41, 5.74) is 1.37. The standard InChI is InChI=1S/C21H22F2N4O4S/c1-13-15(14(2)25-21(29)16(13)12-24)6-7-19(28)26-8-10-27(11-9-26)32(30,31)20-17(22)4-3-5-18(20)23/h3-5H,6-11H2,1-2H3,(H,25,29). The Morgan fingerprint density at radius 1 is 1.16 bits per heavy atom. The first-order valence-corrected chi connectivity index (χ1v) is 11.4. The number of carbonyl (C=O) groups is 1. The van der Waals surface area contributed by atoms with E-state index in [2.05, 4.69) is 4.98 Å². The van der Waals surface area contributed by atoms with Crippen LogP contribution in [-0.2, 0) is 21.2 Å². The molecule has 3 rings (SSSR count). The Bertz CT molecular complexity index is 1240. The molecule has 1 aliphatic heterocycles. The summed E-state index contributed by atoms with van der Waals surface area (Å²) >= 11 is 0. The SMILES string of the molecule is Cc1[nH]c(=O)c(C#N)c(C)c1CCC(=O)N1CCN(S(=O)(=O)c2c(F)cccc2F)CC1. The summed E-state index contributed by atoms with van der Waals surface area (Å²) in [6.07, 6.45) is 0.411. The third-order valence-corrected chi connectivity index (χ3v) is 7.57. The van der Waals surface area contributed by atoms with Gasteiger partial charge in [-0.3, -0.25) is 9.59 Å². The fraction of sp³-hybridized carbons (Fsp3) is 0.381. The lowest BCUT2D eigenvalue weighted by atomic mass is 9.99. The molecule has 0 aliphatic carbocycles. The second-order valence-corrected chi connectivity index (χ2v) is 9.38. The fourth-order valence-electron chi connectivity index (χ4n) is 3.85. The molecule has 1 amide bonds. The maximum Gasteiger partial charge on any atom is 0.266 e. The molecule has 0 unspecified atom stereocenters. The van der Waals surface area contributed by atoms with Crippen LogP contribution in [0.4, 0.5) is 8.78 Å². The van der Waals surface area contributed by atoms with E-state index in [4.69, 9.17) is 5.26 Å². The number of benzene rings is 1. The van der Waals surface area contributed by atoms with Crippen molar-refractivity contribution in [3.63, 3.8) is 0 Å². The quantitative estimate of drug-likeness (QED) is 0.722. The number of pyridine rings is 1. The third-order valence-electron chi connectivity index (χ3n) is 5.62. The van der Waals surface area contributed by atoms with Gasteiger partial charge >= 0.3 is 0 Å². The number of piperazine rings is 1. The lowest BCUT2D eigenvalue weighted by Gasteiger charge is -2.34. The van der Waals surface area contributed by atoms with Crippen LogP contribution in [0.15, 0.2) is 27.9 Å². The Balaban J connectivity index is 1.66. The molecule has 32 heavy (non-hydrogen) atoms. The molecule has 2 aromatic rings. The van der Waals surface area contributed by atoms with E-state index in [1.165, 1.54) is 4.90 Å². The zero-order valence-corrected chi connectivity index (χ0v) is 18.4. The Morgan fingerprint density at radius 2 is 1.75 bits per heavy atom. The number of amides is 1. The highest BCUT2D eigenvalue weighted by molar-refractivity contribution is 7.89. The van der Waals surface area contributed by atoms with Crippen molar-refractivity contribution in [1.82, 2.24) is 14.2 Å². The second kappa shape index (κ2) is 9.18. The Morgan fingerprint density at radius 3 is 2.31 bits per heavy atom. The van der Waals surface area contributed by atoms with Crippen molar-refractivity contribution in [3.8, 4) is 6.07 Å². The smallest absolute Gasteiger partial charge is 0.266 e. The average Bonchev–Trinajstić information content (AvgIpc) is 2.73. The molecule has 0 spiro atoms. The number of aromatic amines is 1.